The smallest absolute Gasteiger partial charge is 0.181 e. The molecule has 0 unspecified atom stereocenters. The molecule has 18 heterocycles. The van der Waals surface area contributed by atoms with Gasteiger partial charge in [-0.25, -0.2) is 24.9 Å². The molecule has 0 atom stereocenters. The Morgan fingerprint density at radius 3 is 1.59 bits per heavy atom. The van der Waals surface area contributed by atoms with E-state index in [1.807, 2.05) is 147 Å². The quantitative estimate of drug-likeness (QED) is 0.110. The van der Waals surface area contributed by atoms with Gasteiger partial charge in [0.15, 0.2) is 16.4 Å². The fourth-order valence-electron chi connectivity index (χ4n) is 12.5. The van der Waals surface area contributed by atoms with Gasteiger partial charge in [-0.15, -0.1) is 11.3 Å². The SMILES string of the molecule is CC(C)(C)c1cnc2[nH]ccc2n1.CC(C)(C)c1cncc2[nH]cnc12.CC(C)(C)c1cncc2ccoc12.CC(C)(C)c1cncc2cn[nH]c12.CC(C)(C)c1cncc2sc(N)nc12.CC(C)(C)c1cncc2scnc12.CC(C)(C)c1coc2cccnc12.CC(C)(C)c1snc2cccnc12.Cn1cc2cncc(C(C)(C)C)c2n1. The maximum Gasteiger partial charge on any atom is 0.181 e. The van der Waals surface area contributed by atoms with Crippen molar-refractivity contribution in [2.24, 2.45) is 7.05 Å². The lowest BCUT2D eigenvalue weighted by molar-refractivity contribution is 0.556. The van der Waals surface area contributed by atoms with Gasteiger partial charge in [-0.3, -0.25) is 49.7 Å². The molecule has 0 bridgehead atoms. The van der Waals surface area contributed by atoms with E-state index in [4.69, 9.17) is 14.6 Å². The Bertz CT molecular complexity index is 5810. The number of imidazole rings is 1. The van der Waals surface area contributed by atoms with Crippen LogP contribution in [0.25, 0.3) is 97.5 Å². The molecule has 5 N–H and O–H groups in total. The molecule has 0 amide bonds. The number of fused-ring (bicyclic) bond motifs is 9. The summed E-state index contributed by atoms with van der Waals surface area (Å²) in [7, 11) is 1.94. The van der Waals surface area contributed by atoms with Crippen molar-refractivity contribution in [2.75, 3.05) is 5.73 Å². The van der Waals surface area contributed by atoms with Gasteiger partial charge < -0.3 is 24.5 Å². The molecule has 0 radical (unpaired) electrons. The highest BCUT2D eigenvalue weighted by Gasteiger charge is 2.27. The first-order valence-corrected chi connectivity index (χ1v) is 42.2. The van der Waals surface area contributed by atoms with Crippen LogP contribution >= 0.6 is 34.2 Å². The summed E-state index contributed by atoms with van der Waals surface area (Å²) in [4.78, 5) is 63.0. The molecule has 18 aromatic rings. The zero-order valence-corrected chi connectivity index (χ0v) is 76.8. The lowest BCUT2D eigenvalue weighted by atomic mass is 9.87. The largest absolute Gasteiger partial charge is 0.464 e. The molecular weight excluding hydrogens is 1540 g/mol. The number of H-pyrrole nitrogens is 3. The summed E-state index contributed by atoms with van der Waals surface area (Å²) in [5, 5.41) is 15.3. The molecule has 119 heavy (non-hydrogen) atoms. The van der Waals surface area contributed by atoms with Crippen molar-refractivity contribution in [3.8, 4) is 0 Å². The number of rotatable bonds is 0. The molecule has 0 spiro atoms. The molecule has 0 saturated heterocycles. The van der Waals surface area contributed by atoms with Crippen LogP contribution in [0.4, 0.5) is 5.13 Å². The average molecular weight is 1660 g/mol. The summed E-state index contributed by atoms with van der Waals surface area (Å²) in [5.74, 6) is 0. The second-order valence-corrected chi connectivity index (χ2v) is 41.3. The molecule has 624 valence electrons. The highest BCUT2D eigenvalue weighted by Crippen LogP contribution is 2.37. The van der Waals surface area contributed by atoms with Crippen LogP contribution in [0.15, 0.2) is 181 Å². The molecule has 0 aliphatic rings. The van der Waals surface area contributed by atoms with Gasteiger partial charge in [0.1, 0.15) is 27.6 Å². The van der Waals surface area contributed by atoms with Crippen molar-refractivity contribution < 1.29 is 8.83 Å². The van der Waals surface area contributed by atoms with E-state index in [1.54, 1.807) is 60.3 Å². The van der Waals surface area contributed by atoms with Crippen molar-refractivity contribution in [1.29, 1.82) is 0 Å². The number of nitrogen functional groups attached to an aromatic ring is 1. The highest BCUT2D eigenvalue weighted by atomic mass is 32.1. The van der Waals surface area contributed by atoms with E-state index in [0.29, 0.717) is 5.13 Å². The Labute approximate surface area is 710 Å². The first kappa shape index (κ1) is 90.1. The number of nitrogens with two attached hydrogens (primary N) is 1. The molecule has 0 fully saturated rings. The number of anilines is 1. The minimum absolute atomic E-state index is 0.0625. The third-order valence-corrected chi connectivity index (χ3v) is 21.9. The Balaban J connectivity index is 0.000000141. The van der Waals surface area contributed by atoms with E-state index in [9.17, 15) is 0 Å². The molecule has 0 aromatic carbocycles. The molecule has 18 rings (SSSR count). The van der Waals surface area contributed by atoms with Crippen molar-refractivity contribution in [1.82, 2.24) is 99.1 Å². The average Bonchev–Trinajstić information content (AvgIpc) is 1.67. The number of thiazole rings is 2. The number of nitrogens with one attached hydrogen (secondary N) is 3. The van der Waals surface area contributed by atoms with Crippen LogP contribution in [0.1, 0.15) is 236 Å². The van der Waals surface area contributed by atoms with Crippen LogP contribution in [0.5, 0.6) is 0 Å². The van der Waals surface area contributed by atoms with Crippen LogP contribution in [0.2, 0.25) is 0 Å². The maximum absolute atomic E-state index is 5.68. The molecular formula is C93H117N21O2S3. The van der Waals surface area contributed by atoms with Crippen LogP contribution < -0.4 is 5.73 Å². The number of aryl methyl sites for hydroxylation is 1. The van der Waals surface area contributed by atoms with E-state index in [2.05, 4.69) is 281 Å². The van der Waals surface area contributed by atoms with Gasteiger partial charge in [-0.2, -0.15) is 14.6 Å². The Morgan fingerprint density at radius 1 is 0.420 bits per heavy atom. The fraction of sp³-hybridized carbons (Fsp3) is 0.398. The van der Waals surface area contributed by atoms with Gasteiger partial charge in [0, 0.05) is 166 Å². The summed E-state index contributed by atoms with van der Waals surface area (Å²) in [6.07, 6.45) is 38.7. The molecule has 0 aliphatic heterocycles. The van der Waals surface area contributed by atoms with Gasteiger partial charge in [0.25, 0.3) is 0 Å². The number of hydrogen-bond donors (Lipinski definition) is 4. The lowest BCUT2D eigenvalue weighted by Gasteiger charge is -2.18. The Hall–Kier alpha value is -11.2. The Morgan fingerprint density at radius 2 is 0.966 bits per heavy atom. The van der Waals surface area contributed by atoms with Crippen LogP contribution in [0, 0.1) is 0 Å². The first-order chi connectivity index (χ1) is 55.6. The lowest BCUT2D eigenvalue weighted by Crippen LogP contribution is -2.13. The van der Waals surface area contributed by atoms with Gasteiger partial charge in [0.2, 0.25) is 0 Å². The number of hydrogen-bond acceptors (Lipinski definition) is 22. The van der Waals surface area contributed by atoms with E-state index in [-0.39, 0.29) is 48.7 Å². The van der Waals surface area contributed by atoms with E-state index < -0.39 is 0 Å². The summed E-state index contributed by atoms with van der Waals surface area (Å²) in [6, 6.07) is 11.6. The number of pyridine rings is 8. The molecule has 26 heteroatoms. The molecule has 0 saturated carbocycles. The van der Waals surface area contributed by atoms with Crippen LogP contribution in [-0.4, -0.2) is 99.1 Å². The van der Waals surface area contributed by atoms with E-state index >= 15 is 0 Å². The van der Waals surface area contributed by atoms with Crippen molar-refractivity contribution >= 4 is 137 Å². The molecule has 23 nitrogen and oxygen atoms in total. The summed E-state index contributed by atoms with van der Waals surface area (Å²) < 4.78 is 19.3. The minimum atomic E-state index is 0.0625. The maximum atomic E-state index is 5.68. The normalized spacial score (nSPS) is 12.2. The van der Waals surface area contributed by atoms with E-state index in [1.165, 1.54) is 48.7 Å². The molecule has 18 aromatic heterocycles. The summed E-state index contributed by atoms with van der Waals surface area (Å²) in [6.45, 7) is 58.5. The van der Waals surface area contributed by atoms with Crippen molar-refractivity contribution in [2.45, 2.75) is 236 Å². The third kappa shape index (κ3) is 23.0. The number of aromatic nitrogens is 20. The third-order valence-electron chi connectivity index (χ3n) is 19.1. The van der Waals surface area contributed by atoms with Gasteiger partial charge >= 0.3 is 0 Å². The predicted octanol–water partition coefficient (Wildman–Crippen LogP) is 23.8. The zero-order chi connectivity index (χ0) is 87.0. The number of furan rings is 2. The Kier molecular flexibility index (Phi) is 27.4. The van der Waals surface area contributed by atoms with Gasteiger partial charge in [-0.1, -0.05) is 198 Å². The number of nitrogens with zero attached hydrogens (tertiary/aromatic N) is 17. The first-order valence-electron chi connectivity index (χ1n) is 39.7. The van der Waals surface area contributed by atoms with Gasteiger partial charge in [0.05, 0.1) is 96.0 Å². The standard InChI is InChI=1S/C11H15N3.2C11H13NO.C10H13N3S.3C10H13N3.2C10H12N2S/c1-11(2,3)9-6-12-5-8-7-14(4)13-10(8)9;1-11(2,3)9-7-12-6-8-4-5-13-10(8)9;1-11(2,3)8-7-13-9-5-4-6-12-10(8)9;1-10(2,3)6-4-12-5-7-8(6)13-9(11)14-7;1-10(2,3)7-4-11-5-8-9(7)13-6-12-8;1-10(2,3)8-6-11-4-7-5-12-13-9(7)8;1-10(2,3)8-6-12-9-7(13-8)4-5-11-9;1-10(2,3)7-4-11-5-8-9(7)12-6-13-8;1-10(2,3)9-8-7(12-13-9)5-4-6-11-8/h5-7H,1-4H3;2*4-7H,1-3H3;4-5H,1-3H3,(H2,11,13);2*4-6H,1-3H3,(H,12,13);4-6H,1-3H3,(H,11,12);2*4-6H,1-3H3. The topological polar surface area (TPSA) is 311 Å². The highest BCUT2D eigenvalue weighted by molar-refractivity contribution is 7.22. The van der Waals surface area contributed by atoms with Crippen molar-refractivity contribution in [3.05, 3.63) is 222 Å². The second-order valence-electron chi connectivity index (χ2n) is 38.5. The monoisotopic (exact) mass is 1660 g/mol. The number of aromatic amines is 3. The second kappa shape index (κ2) is 36.2. The predicted molar refractivity (Wildman–Crippen MR) is 493 cm³/mol. The van der Waals surface area contributed by atoms with Crippen LogP contribution in [0.3, 0.4) is 0 Å². The fourth-order valence-corrected chi connectivity index (χ4v) is 14.8. The molecule has 0 aliphatic carbocycles. The van der Waals surface area contributed by atoms with Crippen LogP contribution in [-0.2, 0) is 55.8 Å². The summed E-state index contributed by atoms with van der Waals surface area (Å²) >= 11 is 4.69. The minimum Gasteiger partial charge on any atom is -0.464 e. The van der Waals surface area contributed by atoms with Crippen molar-refractivity contribution in [3.63, 3.8) is 0 Å². The van der Waals surface area contributed by atoms with E-state index in [0.717, 1.165) is 110 Å². The zero-order valence-electron chi connectivity index (χ0n) is 74.4. The summed E-state index contributed by atoms with van der Waals surface area (Å²) in [5.41, 5.74) is 30.8. The van der Waals surface area contributed by atoms with Gasteiger partial charge in [-0.05, 0) is 85.8 Å².